The van der Waals surface area contributed by atoms with E-state index >= 15 is 0 Å². The maximum Gasteiger partial charge on any atom is 0.240 e. The maximum absolute atomic E-state index is 12.0. The van der Waals surface area contributed by atoms with Gasteiger partial charge in [-0.1, -0.05) is 0 Å². The lowest BCUT2D eigenvalue weighted by molar-refractivity contribution is -0.123. The van der Waals surface area contributed by atoms with Crippen LogP contribution in [0.5, 0.6) is 11.5 Å². The van der Waals surface area contributed by atoms with E-state index in [0.717, 1.165) is 22.6 Å². The van der Waals surface area contributed by atoms with Gasteiger partial charge in [-0.15, -0.1) is 0 Å². The fourth-order valence-corrected chi connectivity index (χ4v) is 3.02. The van der Waals surface area contributed by atoms with Crippen LogP contribution in [0.2, 0.25) is 0 Å². The number of hydrogen-bond acceptors (Lipinski definition) is 6. The molecule has 0 saturated heterocycles. The first-order chi connectivity index (χ1) is 16.4. The van der Waals surface area contributed by atoms with Gasteiger partial charge in [0.1, 0.15) is 11.5 Å². The van der Waals surface area contributed by atoms with Crippen molar-refractivity contribution in [1.29, 1.82) is 0 Å². The molecule has 0 aliphatic rings. The van der Waals surface area contributed by atoms with E-state index in [1.165, 1.54) is 0 Å². The van der Waals surface area contributed by atoms with Gasteiger partial charge in [-0.05, 0) is 100 Å². The van der Waals surface area contributed by atoms with Crippen molar-refractivity contribution in [3.63, 3.8) is 0 Å². The molecule has 2 amide bonds. The zero-order valence-electron chi connectivity index (χ0n) is 20.4. The minimum absolute atomic E-state index is 0.185. The molecule has 2 aromatic carbocycles. The second kappa shape index (κ2) is 14.5. The highest BCUT2D eigenvalue weighted by Gasteiger charge is 2.05. The van der Waals surface area contributed by atoms with Gasteiger partial charge in [-0.3, -0.25) is 9.59 Å². The van der Waals surface area contributed by atoms with Crippen LogP contribution < -0.4 is 20.3 Å². The molecule has 182 valence electrons. The van der Waals surface area contributed by atoms with Crippen LogP contribution in [0.3, 0.4) is 0 Å². The Hall–Kier alpha value is -3.68. The second-order valence-electron chi connectivity index (χ2n) is 7.59. The molecule has 34 heavy (non-hydrogen) atoms. The molecule has 8 nitrogen and oxygen atoms in total. The Bertz CT molecular complexity index is 901. The van der Waals surface area contributed by atoms with E-state index in [2.05, 4.69) is 21.1 Å². The molecule has 8 heteroatoms. The fraction of sp³-hybridized carbons (Fsp3) is 0.385. The van der Waals surface area contributed by atoms with E-state index in [1.807, 2.05) is 76.2 Å². The van der Waals surface area contributed by atoms with Gasteiger partial charge in [0.05, 0.1) is 24.6 Å². The van der Waals surface area contributed by atoms with E-state index in [-0.39, 0.29) is 11.8 Å². The first kappa shape index (κ1) is 26.6. The summed E-state index contributed by atoms with van der Waals surface area (Å²) >= 11 is 0. The predicted molar refractivity (Wildman–Crippen MR) is 134 cm³/mol. The number of hydrogen-bond donors (Lipinski definition) is 2. The Kier molecular flexibility index (Phi) is 11.3. The van der Waals surface area contributed by atoms with E-state index in [0.29, 0.717) is 50.3 Å². The maximum atomic E-state index is 12.0. The Balaban J connectivity index is 1.67. The molecule has 0 atom stereocenters. The SMILES string of the molecule is CCOc1ccc(/C(C)=N/NC(=O)CCCCC(=O)N/N=C(\C)c2ccc(OCC)cc2)cc1. The number of hydrazone groups is 2. The third-order valence-electron chi connectivity index (χ3n) is 4.92. The monoisotopic (exact) mass is 466 g/mol. The first-order valence-corrected chi connectivity index (χ1v) is 11.6. The van der Waals surface area contributed by atoms with Gasteiger partial charge in [0.15, 0.2) is 0 Å². The summed E-state index contributed by atoms with van der Waals surface area (Å²) in [5.41, 5.74) is 8.35. The van der Waals surface area contributed by atoms with Crippen molar-refractivity contribution < 1.29 is 19.1 Å². The summed E-state index contributed by atoms with van der Waals surface area (Å²) in [6.07, 6.45) is 1.75. The second-order valence-corrected chi connectivity index (χ2v) is 7.59. The molecule has 0 aliphatic carbocycles. The lowest BCUT2D eigenvalue weighted by Gasteiger charge is -2.06. The van der Waals surface area contributed by atoms with Crippen LogP contribution in [-0.4, -0.2) is 36.5 Å². The van der Waals surface area contributed by atoms with E-state index < -0.39 is 0 Å². The number of ether oxygens (including phenoxy) is 2. The zero-order chi connectivity index (χ0) is 24.8. The van der Waals surface area contributed by atoms with Crippen molar-refractivity contribution in [2.24, 2.45) is 10.2 Å². The Morgan fingerprint density at radius 3 is 1.35 bits per heavy atom. The van der Waals surface area contributed by atoms with Crippen LogP contribution in [0.25, 0.3) is 0 Å². The van der Waals surface area contributed by atoms with Crippen LogP contribution in [0.15, 0.2) is 58.7 Å². The van der Waals surface area contributed by atoms with E-state index in [1.54, 1.807) is 0 Å². The average molecular weight is 467 g/mol. The minimum atomic E-state index is -0.185. The number of benzene rings is 2. The number of carbonyl (C=O) groups is 2. The summed E-state index contributed by atoms with van der Waals surface area (Å²) in [7, 11) is 0. The normalized spacial score (nSPS) is 11.6. The molecule has 0 aliphatic heterocycles. The number of amides is 2. The first-order valence-electron chi connectivity index (χ1n) is 11.6. The molecule has 0 aromatic heterocycles. The van der Waals surface area contributed by atoms with E-state index in [9.17, 15) is 9.59 Å². The zero-order valence-corrected chi connectivity index (χ0v) is 20.4. The van der Waals surface area contributed by atoms with Crippen molar-refractivity contribution in [2.75, 3.05) is 13.2 Å². The van der Waals surface area contributed by atoms with Crippen LogP contribution in [0.4, 0.5) is 0 Å². The lowest BCUT2D eigenvalue weighted by atomic mass is 10.1. The number of nitrogens with one attached hydrogen (secondary N) is 2. The summed E-state index contributed by atoms with van der Waals surface area (Å²) in [5.74, 6) is 1.22. The topological polar surface area (TPSA) is 101 Å². The summed E-state index contributed by atoms with van der Waals surface area (Å²) in [5, 5.41) is 8.30. The van der Waals surface area contributed by atoms with Gasteiger partial charge in [-0.25, -0.2) is 10.9 Å². The number of carbonyl (C=O) groups excluding carboxylic acids is 2. The number of rotatable bonds is 13. The molecule has 0 fully saturated rings. The van der Waals surface area contributed by atoms with Crippen molar-refractivity contribution >= 4 is 23.2 Å². The molecular weight excluding hydrogens is 432 g/mol. The molecule has 0 radical (unpaired) electrons. The molecule has 2 N–H and O–H groups in total. The number of nitrogens with zero attached hydrogens (tertiary/aromatic N) is 2. The lowest BCUT2D eigenvalue weighted by Crippen LogP contribution is -2.20. The van der Waals surface area contributed by atoms with Crippen molar-refractivity contribution in [3.8, 4) is 11.5 Å². The minimum Gasteiger partial charge on any atom is -0.494 e. The smallest absolute Gasteiger partial charge is 0.240 e. The standard InChI is InChI=1S/C26H34N4O4/c1-5-33-23-15-11-21(12-16-23)19(3)27-29-25(31)9-7-8-10-26(32)30-28-20(4)22-13-17-24(18-14-22)34-6-2/h11-18H,5-10H2,1-4H3,(H,29,31)(H,30,32)/b27-19+,28-20+. The third kappa shape index (κ3) is 9.44. The van der Waals surface area contributed by atoms with Crippen molar-refractivity contribution in [2.45, 2.75) is 53.4 Å². The van der Waals surface area contributed by atoms with Crippen LogP contribution in [0, 0.1) is 0 Å². The molecule has 2 aromatic rings. The van der Waals surface area contributed by atoms with Crippen LogP contribution in [0.1, 0.15) is 64.5 Å². The Morgan fingerprint density at radius 1 is 0.676 bits per heavy atom. The Labute approximate surface area is 201 Å². The van der Waals surface area contributed by atoms with Gasteiger partial charge in [0.2, 0.25) is 11.8 Å². The summed E-state index contributed by atoms with van der Waals surface area (Å²) in [6.45, 7) is 8.75. The Morgan fingerprint density at radius 2 is 1.03 bits per heavy atom. The number of unbranched alkanes of at least 4 members (excludes halogenated alkanes) is 1. The predicted octanol–water partition coefficient (Wildman–Crippen LogP) is 4.43. The van der Waals surface area contributed by atoms with Gasteiger partial charge in [0.25, 0.3) is 0 Å². The quantitative estimate of drug-likeness (QED) is 0.259. The summed E-state index contributed by atoms with van der Waals surface area (Å²) in [4.78, 5) is 24.1. The molecule has 0 heterocycles. The molecule has 2 rings (SSSR count). The third-order valence-corrected chi connectivity index (χ3v) is 4.92. The van der Waals surface area contributed by atoms with Crippen LogP contribution >= 0.6 is 0 Å². The van der Waals surface area contributed by atoms with Crippen LogP contribution in [-0.2, 0) is 9.59 Å². The molecular formula is C26H34N4O4. The molecule has 0 bridgehead atoms. The molecule has 0 saturated carbocycles. The highest BCUT2D eigenvalue weighted by atomic mass is 16.5. The molecule has 0 unspecified atom stereocenters. The average Bonchev–Trinajstić information content (AvgIpc) is 2.85. The highest BCUT2D eigenvalue weighted by molar-refractivity contribution is 5.99. The summed E-state index contributed by atoms with van der Waals surface area (Å²) < 4.78 is 10.8. The van der Waals surface area contributed by atoms with Gasteiger partial charge >= 0.3 is 0 Å². The van der Waals surface area contributed by atoms with Gasteiger partial charge < -0.3 is 9.47 Å². The van der Waals surface area contributed by atoms with E-state index in [4.69, 9.17) is 9.47 Å². The van der Waals surface area contributed by atoms with Gasteiger partial charge in [-0.2, -0.15) is 10.2 Å². The highest BCUT2D eigenvalue weighted by Crippen LogP contribution is 2.13. The van der Waals surface area contributed by atoms with Crippen molar-refractivity contribution in [3.05, 3.63) is 59.7 Å². The largest absolute Gasteiger partial charge is 0.494 e. The molecule has 0 spiro atoms. The fourth-order valence-electron chi connectivity index (χ4n) is 3.02. The summed E-state index contributed by atoms with van der Waals surface area (Å²) in [6, 6.07) is 15.1. The van der Waals surface area contributed by atoms with Crippen molar-refractivity contribution in [1.82, 2.24) is 10.9 Å². The van der Waals surface area contributed by atoms with Gasteiger partial charge in [0, 0.05) is 12.8 Å².